The van der Waals surface area contributed by atoms with Crippen LogP contribution in [0.1, 0.15) is 25.5 Å². The van der Waals surface area contributed by atoms with Crippen molar-refractivity contribution < 1.29 is 0 Å². The van der Waals surface area contributed by atoms with Gasteiger partial charge in [0.25, 0.3) is 0 Å². The minimum Gasteiger partial charge on any atom is -0.328 e. The Hall–Kier alpha value is -0.640. The highest BCUT2D eigenvalue weighted by Crippen LogP contribution is 2.19. The predicted molar refractivity (Wildman–Crippen MR) is 73.1 cm³/mol. The van der Waals surface area contributed by atoms with Gasteiger partial charge in [-0.3, -0.25) is 9.88 Å². The fourth-order valence-electron chi connectivity index (χ4n) is 2.38. The number of halogens is 1. The number of piperidine rings is 1. The maximum absolute atomic E-state index is 5.98. The highest BCUT2D eigenvalue weighted by Gasteiger charge is 2.22. The van der Waals surface area contributed by atoms with Crippen LogP contribution in [0, 0.1) is 5.92 Å². The van der Waals surface area contributed by atoms with Gasteiger partial charge in [0.1, 0.15) is 0 Å². The minimum absolute atomic E-state index is 0. The van der Waals surface area contributed by atoms with Crippen LogP contribution in [0.5, 0.6) is 0 Å². The Balaban J connectivity index is 0.00000144. The second kappa shape index (κ2) is 6.94. The number of nitrogens with two attached hydrogens (primary N) is 1. The molecule has 0 aromatic carbocycles. The molecule has 96 valence electrons. The predicted octanol–water partition coefficient (Wildman–Crippen LogP) is 2.06. The van der Waals surface area contributed by atoms with Crippen LogP contribution in [0.4, 0.5) is 0 Å². The molecule has 2 unspecified atom stereocenters. The first kappa shape index (κ1) is 14.4. The molecule has 2 N–H and O–H groups in total. The molecule has 0 radical (unpaired) electrons. The molecule has 1 aromatic heterocycles. The Morgan fingerprint density at radius 2 is 2.35 bits per heavy atom. The Bertz CT molecular complexity index is 316. The van der Waals surface area contributed by atoms with Crippen molar-refractivity contribution in [2.24, 2.45) is 11.7 Å². The van der Waals surface area contributed by atoms with Crippen molar-refractivity contribution in [1.29, 1.82) is 0 Å². The molecule has 1 aliphatic rings. The molecule has 3 nitrogen and oxygen atoms in total. The van der Waals surface area contributed by atoms with Crippen LogP contribution in [-0.4, -0.2) is 29.0 Å². The van der Waals surface area contributed by atoms with Crippen molar-refractivity contribution in [2.45, 2.75) is 32.4 Å². The summed E-state index contributed by atoms with van der Waals surface area (Å²) < 4.78 is 0. The van der Waals surface area contributed by atoms with Gasteiger partial charge in [-0.1, -0.05) is 6.07 Å². The van der Waals surface area contributed by atoms with Gasteiger partial charge in [-0.05, 0) is 44.4 Å². The minimum atomic E-state index is 0. The van der Waals surface area contributed by atoms with Crippen molar-refractivity contribution in [3.05, 3.63) is 30.1 Å². The lowest BCUT2D eigenvalue weighted by Gasteiger charge is -2.34. The van der Waals surface area contributed by atoms with Crippen LogP contribution in [0.25, 0.3) is 0 Å². The van der Waals surface area contributed by atoms with Crippen LogP contribution in [0.3, 0.4) is 0 Å². The standard InChI is InChI=1S/C13H21N3.ClH/c1-11(14)12-5-4-8-16(9-12)10-13-6-2-3-7-15-13;/h2-3,6-7,11-12H,4-5,8-10,14H2,1H3;1H. The average molecular weight is 256 g/mol. The summed E-state index contributed by atoms with van der Waals surface area (Å²) in [7, 11) is 0. The molecule has 0 amide bonds. The third-order valence-electron chi connectivity index (χ3n) is 3.40. The highest BCUT2D eigenvalue weighted by molar-refractivity contribution is 5.85. The Morgan fingerprint density at radius 3 is 3.00 bits per heavy atom. The SMILES string of the molecule is CC(N)C1CCCN(Cc2ccccn2)C1.Cl. The van der Waals surface area contributed by atoms with Crippen LogP contribution >= 0.6 is 12.4 Å². The molecular weight excluding hydrogens is 234 g/mol. The topological polar surface area (TPSA) is 42.1 Å². The largest absolute Gasteiger partial charge is 0.328 e. The van der Waals surface area contributed by atoms with Gasteiger partial charge in [-0.2, -0.15) is 0 Å². The first-order chi connectivity index (χ1) is 7.75. The third kappa shape index (κ3) is 4.26. The molecule has 0 spiro atoms. The summed E-state index contributed by atoms with van der Waals surface area (Å²) in [6.45, 7) is 5.38. The molecule has 2 atom stereocenters. The zero-order chi connectivity index (χ0) is 11.4. The Morgan fingerprint density at radius 1 is 1.53 bits per heavy atom. The zero-order valence-electron chi connectivity index (χ0n) is 10.4. The van der Waals surface area contributed by atoms with E-state index >= 15 is 0 Å². The van der Waals surface area contributed by atoms with Gasteiger partial charge >= 0.3 is 0 Å². The number of likely N-dealkylation sites (tertiary alicyclic amines) is 1. The van der Waals surface area contributed by atoms with E-state index in [9.17, 15) is 0 Å². The number of rotatable bonds is 3. The lowest BCUT2D eigenvalue weighted by Crippen LogP contribution is -2.42. The number of aromatic nitrogens is 1. The van der Waals surface area contributed by atoms with Gasteiger partial charge in [0, 0.05) is 25.3 Å². The van der Waals surface area contributed by atoms with Crippen LogP contribution in [0.15, 0.2) is 24.4 Å². The second-order valence-corrected chi connectivity index (χ2v) is 4.82. The number of nitrogens with zero attached hydrogens (tertiary/aromatic N) is 2. The molecule has 0 saturated carbocycles. The second-order valence-electron chi connectivity index (χ2n) is 4.82. The number of hydrogen-bond acceptors (Lipinski definition) is 3. The van der Waals surface area contributed by atoms with Gasteiger partial charge in [-0.15, -0.1) is 12.4 Å². The monoisotopic (exact) mass is 255 g/mol. The molecule has 0 aliphatic carbocycles. The highest BCUT2D eigenvalue weighted by atomic mass is 35.5. The molecule has 2 heterocycles. The molecule has 1 saturated heterocycles. The molecule has 17 heavy (non-hydrogen) atoms. The molecule has 0 bridgehead atoms. The van der Waals surface area contributed by atoms with E-state index < -0.39 is 0 Å². The maximum Gasteiger partial charge on any atom is 0.0543 e. The van der Waals surface area contributed by atoms with Crippen molar-refractivity contribution in [3.8, 4) is 0 Å². The summed E-state index contributed by atoms with van der Waals surface area (Å²) in [5.74, 6) is 0.650. The summed E-state index contributed by atoms with van der Waals surface area (Å²) in [5, 5.41) is 0. The summed E-state index contributed by atoms with van der Waals surface area (Å²) >= 11 is 0. The van der Waals surface area contributed by atoms with E-state index in [1.165, 1.54) is 19.4 Å². The molecule has 4 heteroatoms. The lowest BCUT2D eigenvalue weighted by molar-refractivity contribution is 0.153. The van der Waals surface area contributed by atoms with Gasteiger partial charge in [0.2, 0.25) is 0 Å². The van der Waals surface area contributed by atoms with Crippen molar-refractivity contribution in [1.82, 2.24) is 9.88 Å². The van der Waals surface area contributed by atoms with E-state index in [0.29, 0.717) is 12.0 Å². The van der Waals surface area contributed by atoms with E-state index in [0.717, 1.165) is 18.8 Å². The van der Waals surface area contributed by atoms with E-state index in [-0.39, 0.29) is 12.4 Å². The first-order valence-electron chi connectivity index (χ1n) is 6.13. The zero-order valence-corrected chi connectivity index (χ0v) is 11.2. The number of pyridine rings is 1. The van der Waals surface area contributed by atoms with Crippen LogP contribution < -0.4 is 5.73 Å². The normalized spacial score (nSPS) is 22.8. The third-order valence-corrected chi connectivity index (χ3v) is 3.40. The van der Waals surface area contributed by atoms with Crippen molar-refractivity contribution in [2.75, 3.05) is 13.1 Å². The van der Waals surface area contributed by atoms with Crippen LogP contribution in [0.2, 0.25) is 0 Å². The Labute approximate surface area is 110 Å². The van der Waals surface area contributed by atoms with Gasteiger partial charge in [0.05, 0.1) is 5.69 Å². The van der Waals surface area contributed by atoms with E-state index in [2.05, 4.69) is 28.9 Å². The smallest absolute Gasteiger partial charge is 0.0543 e. The summed E-state index contributed by atoms with van der Waals surface area (Å²) in [5.41, 5.74) is 7.14. The quantitative estimate of drug-likeness (QED) is 0.899. The number of hydrogen-bond donors (Lipinski definition) is 1. The fraction of sp³-hybridized carbons (Fsp3) is 0.615. The lowest BCUT2D eigenvalue weighted by atomic mass is 9.92. The summed E-state index contributed by atoms with van der Waals surface area (Å²) in [4.78, 5) is 6.84. The van der Waals surface area contributed by atoms with E-state index in [1.54, 1.807) is 0 Å². The van der Waals surface area contributed by atoms with Crippen LogP contribution in [-0.2, 0) is 6.54 Å². The Kier molecular flexibility index (Phi) is 5.89. The van der Waals surface area contributed by atoms with Crippen molar-refractivity contribution >= 4 is 12.4 Å². The molecule has 1 aromatic rings. The maximum atomic E-state index is 5.98. The average Bonchev–Trinajstić information content (AvgIpc) is 2.30. The van der Waals surface area contributed by atoms with E-state index in [4.69, 9.17) is 5.73 Å². The van der Waals surface area contributed by atoms with Gasteiger partial charge in [0.15, 0.2) is 0 Å². The molecule has 1 fully saturated rings. The first-order valence-corrected chi connectivity index (χ1v) is 6.13. The summed E-state index contributed by atoms with van der Waals surface area (Å²) in [6.07, 6.45) is 4.40. The van der Waals surface area contributed by atoms with Gasteiger partial charge in [-0.25, -0.2) is 0 Å². The van der Waals surface area contributed by atoms with Crippen molar-refractivity contribution in [3.63, 3.8) is 0 Å². The summed E-state index contributed by atoms with van der Waals surface area (Å²) in [6, 6.07) is 6.42. The molecular formula is C13H22ClN3. The fourth-order valence-corrected chi connectivity index (χ4v) is 2.38. The molecule has 2 rings (SSSR count). The molecule has 1 aliphatic heterocycles. The van der Waals surface area contributed by atoms with E-state index in [1.807, 2.05) is 12.3 Å². The van der Waals surface area contributed by atoms with Gasteiger partial charge < -0.3 is 5.73 Å².